The van der Waals surface area contributed by atoms with Crippen LogP contribution in [0, 0.1) is 27.7 Å². The first-order valence-electron chi connectivity index (χ1n) is 22.3. The predicted molar refractivity (Wildman–Crippen MR) is 267 cm³/mol. The lowest BCUT2D eigenvalue weighted by Gasteiger charge is -2.27. The monoisotopic (exact) mass is 910 g/mol. The summed E-state index contributed by atoms with van der Waals surface area (Å²) in [6.07, 6.45) is 0. The van der Waals surface area contributed by atoms with Gasteiger partial charge in [-0.1, -0.05) is 81.4 Å². The average molecular weight is 911 g/mol. The summed E-state index contributed by atoms with van der Waals surface area (Å²) in [6, 6.07) is 44.4. The topological polar surface area (TPSA) is 114 Å². The van der Waals surface area contributed by atoms with Gasteiger partial charge < -0.3 is 23.7 Å². The molecule has 0 amide bonds. The Bertz CT molecular complexity index is 2960. The lowest BCUT2D eigenvalue weighted by atomic mass is 9.77. The van der Waals surface area contributed by atoms with E-state index >= 15 is 0 Å². The number of benzene rings is 7. The van der Waals surface area contributed by atoms with Gasteiger partial charge in [0.05, 0.1) is 25.3 Å². The molecule has 1 atom stereocenters. The Morgan fingerprint density at radius 1 is 0.441 bits per heavy atom. The van der Waals surface area contributed by atoms with E-state index in [9.17, 15) is 19.2 Å². The minimum atomic E-state index is -0.482. The molecule has 7 aromatic rings. The number of carbonyl (C=O) groups excluding carboxylic acids is 4. The maximum atomic E-state index is 12.8. The zero-order valence-electron chi connectivity index (χ0n) is 40.6. The summed E-state index contributed by atoms with van der Waals surface area (Å²) in [7, 11) is 3.35. The molecule has 0 aliphatic rings. The summed E-state index contributed by atoms with van der Waals surface area (Å²) in [4.78, 5) is 48.4. The molecule has 0 fully saturated rings. The van der Waals surface area contributed by atoms with Crippen molar-refractivity contribution in [2.75, 3.05) is 14.2 Å². The van der Waals surface area contributed by atoms with Crippen LogP contribution in [0.5, 0.6) is 34.5 Å². The molecule has 7 rings (SSSR count). The summed E-state index contributed by atoms with van der Waals surface area (Å²) in [5.41, 5.74) is 10.2. The molecule has 0 bridgehead atoms. The quantitative estimate of drug-likeness (QED) is 0.0597. The highest BCUT2D eigenvalue weighted by atomic mass is 16.5. The molecule has 0 radical (unpaired) electrons. The number of esters is 2. The van der Waals surface area contributed by atoms with Crippen LogP contribution in [-0.2, 0) is 5.41 Å². The molecule has 0 aromatic heterocycles. The molecule has 348 valence electrons. The van der Waals surface area contributed by atoms with Gasteiger partial charge in [-0.3, -0.25) is 9.59 Å². The van der Waals surface area contributed by atoms with E-state index in [1.807, 2.05) is 70.2 Å². The minimum Gasteiger partial charge on any atom is -0.496 e. The van der Waals surface area contributed by atoms with E-state index in [0.717, 1.165) is 44.9 Å². The van der Waals surface area contributed by atoms with Crippen molar-refractivity contribution in [3.8, 4) is 34.5 Å². The van der Waals surface area contributed by atoms with Crippen LogP contribution in [0.3, 0.4) is 0 Å². The summed E-state index contributed by atoms with van der Waals surface area (Å²) in [5, 5.41) is 0. The largest absolute Gasteiger partial charge is 0.496 e. The second-order valence-electron chi connectivity index (χ2n) is 17.4. The van der Waals surface area contributed by atoms with Crippen LogP contribution in [-0.4, -0.2) is 37.7 Å². The summed E-state index contributed by atoms with van der Waals surface area (Å²) >= 11 is 0. The fourth-order valence-corrected chi connectivity index (χ4v) is 7.74. The van der Waals surface area contributed by atoms with Crippen LogP contribution < -0.4 is 23.7 Å². The van der Waals surface area contributed by atoms with Gasteiger partial charge in [-0.25, -0.2) is 9.59 Å². The fraction of sp³-hybridized carbons (Fsp3) is 0.220. The van der Waals surface area contributed by atoms with Crippen LogP contribution in [0.15, 0.2) is 146 Å². The normalized spacial score (nSPS) is 11.3. The minimum absolute atomic E-state index is 0.00104. The number of rotatable bonds is 14. The first kappa shape index (κ1) is 49.6. The molecular formula is C59H58O9. The van der Waals surface area contributed by atoms with Crippen molar-refractivity contribution >= 4 is 23.5 Å². The molecule has 7 aromatic carbocycles. The molecule has 1 unspecified atom stereocenters. The third-order valence-electron chi connectivity index (χ3n) is 12.1. The van der Waals surface area contributed by atoms with E-state index < -0.39 is 11.9 Å². The Morgan fingerprint density at radius 3 is 1.28 bits per heavy atom. The Kier molecular flexibility index (Phi) is 15.8. The predicted octanol–water partition coefficient (Wildman–Crippen LogP) is 13.7. The zero-order chi connectivity index (χ0) is 49.3. The molecule has 68 heavy (non-hydrogen) atoms. The molecule has 9 nitrogen and oxygen atoms in total. The number of hydrogen-bond acceptors (Lipinski definition) is 9. The molecule has 0 saturated carbocycles. The van der Waals surface area contributed by atoms with Crippen molar-refractivity contribution in [1.82, 2.24) is 0 Å². The Hall–Kier alpha value is -7.78. The number of hydrogen-bond donors (Lipinski definition) is 0. The Balaban J connectivity index is 0.000000228. The average Bonchev–Trinajstić information content (AvgIpc) is 3.33. The molecule has 0 heterocycles. The molecule has 9 heteroatoms. The Labute approximate surface area is 399 Å². The molecule has 0 spiro atoms. The first-order chi connectivity index (χ1) is 32.4. The van der Waals surface area contributed by atoms with Gasteiger partial charge in [-0.05, 0) is 171 Å². The fourth-order valence-electron chi connectivity index (χ4n) is 7.74. The van der Waals surface area contributed by atoms with Crippen LogP contribution in [0.4, 0.5) is 0 Å². The molecule has 0 N–H and O–H groups in total. The second kappa shape index (κ2) is 21.7. The number of methoxy groups -OCH3 is 2. The van der Waals surface area contributed by atoms with Crippen molar-refractivity contribution in [2.45, 2.75) is 73.6 Å². The van der Waals surface area contributed by atoms with Gasteiger partial charge in [-0.15, -0.1) is 0 Å². The van der Waals surface area contributed by atoms with Crippen LogP contribution in [0.1, 0.15) is 126 Å². The lowest BCUT2D eigenvalue weighted by molar-refractivity contribution is 0.0724. The standard InChI is InChI=1S/C32H30O5.C27H28O4/c1-20-18-26(10-16-30(20)35-5)22(3)27-11-17-31(21(2)19-27)37-32(34)25-8-14-29(15-9-25)36-28-12-6-24(7-13-28)23(4)33;1-17-14-22(10-12-24(17)30-6)27(4,5)23-11-13-25(18(2)15-23)31-26(29)21-9-7-8-20(16-21)19(3)28/h6-19,22H,1-5H3;7-16H,1-6H3. The van der Waals surface area contributed by atoms with Crippen LogP contribution >= 0.6 is 0 Å². The first-order valence-corrected chi connectivity index (χ1v) is 22.3. The van der Waals surface area contributed by atoms with E-state index in [-0.39, 0.29) is 22.9 Å². The van der Waals surface area contributed by atoms with Crippen molar-refractivity contribution < 1.29 is 42.9 Å². The van der Waals surface area contributed by atoms with Gasteiger partial charge in [0.15, 0.2) is 11.6 Å². The summed E-state index contributed by atoms with van der Waals surface area (Å²) < 4.78 is 27.9. The number of ether oxygens (including phenoxy) is 5. The van der Waals surface area contributed by atoms with E-state index in [2.05, 4.69) is 51.1 Å². The maximum Gasteiger partial charge on any atom is 0.343 e. The number of ketones is 2. The smallest absolute Gasteiger partial charge is 0.343 e. The number of carbonyl (C=O) groups is 4. The molecule has 0 aliphatic carbocycles. The van der Waals surface area contributed by atoms with Gasteiger partial charge in [-0.2, -0.15) is 0 Å². The zero-order valence-corrected chi connectivity index (χ0v) is 40.6. The van der Waals surface area contributed by atoms with Gasteiger partial charge in [0.2, 0.25) is 0 Å². The summed E-state index contributed by atoms with van der Waals surface area (Å²) in [5.74, 6) is 3.12. The SMILES string of the molecule is COc1ccc(C(C)(C)c2ccc(OC(=O)c3cccc(C(C)=O)c3)c(C)c2)cc1C.COc1ccc(C(C)c2ccc(OC(=O)c3ccc(Oc4ccc(C(C)=O)cc4)cc3)c(C)c2)cc1C. The van der Waals surface area contributed by atoms with E-state index in [1.54, 1.807) is 87.0 Å². The third kappa shape index (κ3) is 12.0. The van der Waals surface area contributed by atoms with Crippen LogP contribution in [0.25, 0.3) is 0 Å². The highest BCUT2D eigenvalue weighted by Crippen LogP contribution is 2.36. The number of Topliss-reactive ketones (excluding diaryl/α,β-unsaturated/α-hetero) is 2. The van der Waals surface area contributed by atoms with Crippen LogP contribution in [0.2, 0.25) is 0 Å². The third-order valence-corrected chi connectivity index (χ3v) is 12.1. The van der Waals surface area contributed by atoms with Crippen molar-refractivity contribution in [3.05, 3.63) is 212 Å². The summed E-state index contributed by atoms with van der Waals surface area (Å²) in [6.45, 7) is 17.4. The molecule has 0 saturated heterocycles. The van der Waals surface area contributed by atoms with E-state index in [1.165, 1.54) is 25.0 Å². The number of aryl methyl sites for hydroxylation is 4. The van der Waals surface area contributed by atoms with Crippen molar-refractivity contribution in [1.29, 1.82) is 0 Å². The lowest BCUT2D eigenvalue weighted by Crippen LogP contribution is -2.19. The van der Waals surface area contributed by atoms with Crippen molar-refractivity contribution in [2.24, 2.45) is 0 Å². The molecular weight excluding hydrogens is 853 g/mol. The highest BCUT2D eigenvalue weighted by Gasteiger charge is 2.25. The Morgan fingerprint density at radius 2 is 0.838 bits per heavy atom. The maximum absolute atomic E-state index is 12.8. The van der Waals surface area contributed by atoms with Gasteiger partial charge in [0.25, 0.3) is 0 Å². The van der Waals surface area contributed by atoms with Crippen molar-refractivity contribution in [3.63, 3.8) is 0 Å². The van der Waals surface area contributed by atoms with E-state index in [0.29, 0.717) is 45.3 Å². The second-order valence-corrected chi connectivity index (χ2v) is 17.4. The highest BCUT2D eigenvalue weighted by molar-refractivity contribution is 5.98. The van der Waals surface area contributed by atoms with Gasteiger partial charge >= 0.3 is 11.9 Å². The van der Waals surface area contributed by atoms with Gasteiger partial charge in [0, 0.05) is 22.5 Å². The van der Waals surface area contributed by atoms with E-state index in [4.69, 9.17) is 23.7 Å². The van der Waals surface area contributed by atoms with Gasteiger partial charge in [0.1, 0.15) is 34.5 Å². The molecule has 0 aliphatic heterocycles.